The molecule has 0 atom stereocenters. The molecular weight excluding hydrogens is 348 g/mol. The van der Waals surface area contributed by atoms with E-state index in [1.165, 1.54) is 30.5 Å². The van der Waals surface area contributed by atoms with Crippen LogP contribution in [-0.2, 0) is 4.84 Å². The van der Waals surface area contributed by atoms with Crippen molar-refractivity contribution in [3.8, 4) is 11.6 Å². The summed E-state index contributed by atoms with van der Waals surface area (Å²) in [6, 6.07) is 18.2. The number of hydrogen-bond acceptors (Lipinski definition) is 6. The highest BCUT2D eigenvalue weighted by molar-refractivity contribution is 6.21. The summed E-state index contributed by atoms with van der Waals surface area (Å²) in [5.74, 6) is -1.34. The molecule has 0 fully saturated rings. The number of hydroxylamine groups is 2. The van der Waals surface area contributed by atoms with Crippen LogP contribution in [-0.4, -0.2) is 27.8 Å². The maximum absolute atomic E-state index is 12.3. The van der Waals surface area contributed by atoms with E-state index in [4.69, 9.17) is 9.57 Å². The lowest BCUT2D eigenvalue weighted by molar-refractivity contribution is -0.0584. The van der Waals surface area contributed by atoms with Crippen LogP contribution in [0.5, 0.6) is 11.6 Å². The zero-order chi connectivity index (χ0) is 18.8. The minimum Gasteiger partial charge on any atom is -0.439 e. The van der Waals surface area contributed by atoms with Gasteiger partial charge in [-0.3, -0.25) is 9.59 Å². The number of benzene rings is 2. The Labute approximate surface area is 153 Å². The normalized spacial score (nSPS) is 12.7. The molecule has 1 aliphatic heterocycles. The van der Waals surface area contributed by atoms with Crippen LogP contribution in [0.15, 0.2) is 72.9 Å². The van der Waals surface area contributed by atoms with E-state index >= 15 is 0 Å². The van der Waals surface area contributed by atoms with E-state index < -0.39 is 17.8 Å². The summed E-state index contributed by atoms with van der Waals surface area (Å²) < 4.78 is 5.54. The van der Waals surface area contributed by atoms with Crippen LogP contribution in [0.1, 0.15) is 31.1 Å². The summed E-state index contributed by atoms with van der Waals surface area (Å²) in [5.41, 5.74) is 0.465. The molecule has 0 radical (unpaired) electrons. The molecule has 2 amide bonds. The number of pyridine rings is 1. The third-order valence-electron chi connectivity index (χ3n) is 3.87. The van der Waals surface area contributed by atoms with Gasteiger partial charge in [0.2, 0.25) is 5.88 Å². The van der Waals surface area contributed by atoms with Gasteiger partial charge in [-0.05, 0) is 30.3 Å². The number of aromatic nitrogens is 1. The Hall–Kier alpha value is -4.00. The number of carbonyl (C=O) groups excluding carboxylic acids is 3. The van der Waals surface area contributed by atoms with Crippen molar-refractivity contribution in [2.24, 2.45) is 0 Å². The van der Waals surface area contributed by atoms with Gasteiger partial charge >= 0.3 is 5.97 Å². The Morgan fingerprint density at radius 1 is 0.815 bits per heavy atom. The quantitative estimate of drug-likeness (QED) is 0.664. The summed E-state index contributed by atoms with van der Waals surface area (Å²) in [7, 11) is 0. The van der Waals surface area contributed by atoms with Gasteiger partial charge in [-0.1, -0.05) is 35.4 Å². The SMILES string of the molecule is O=C(ON1C(=O)c2ccccc2C1=O)c1ccc(Oc2ccccc2)nc1. The van der Waals surface area contributed by atoms with E-state index in [9.17, 15) is 14.4 Å². The molecule has 0 saturated heterocycles. The molecule has 2 aromatic carbocycles. The molecule has 0 N–H and O–H groups in total. The highest BCUT2D eigenvalue weighted by Crippen LogP contribution is 2.24. The van der Waals surface area contributed by atoms with E-state index in [1.807, 2.05) is 18.2 Å². The predicted molar refractivity (Wildman–Crippen MR) is 93.1 cm³/mol. The van der Waals surface area contributed by atoms with Crippen molar-refractivity contribution in [1.29, 1.82) is 0 Å². The molecule has 0 unspecified atom stereocenters. The molecule has 1 aliphatic rings. The van der Waals surface area contributed by atoms with E-state index in [-0.39, 0.29) is 16.7 Å². The Morgan fingerprint density at radius 2 is 1.44 bits per heavy atom. The fourth-order valence-electron chi connectivity index (χ4n) is 2.56. The number of imide groups is 1. The van der Waals surface area contributed by atoms with Crippen LogP contribution in [0.3, 0.4) is 0 Å². The number of nitrogens with zero attached hydrogens (tertiary/aromatic N) is 2. The second kappa shape index (κ2) is 6.72. The van der Waals surface area contributed by atoms with Crippen LogP contribution in [0.2, 0.25) is 0 Å². The van der Waals surface area contributed by atoms with Crippen LogP contribution < -0.4 is 4.74 Å². The minimum atomic E-state index is -0.872. The van der Waals surface area contributed by atoms with Gasteiger partial charge in [0.15, 0.2) is 0 Å². The number of hydrogen-bond donors (Lipinski definition) is 0. The molecule has 3 aromatic rings. The number of para-hydroxylation sites is 1. The van der Waals surface area contributed by atoms with Crippen LogP contribution in [0, 0.1) is 0 Å². The van der Waals surface area contributed by atoms with Gasteiger partial charge in [0, 0.05) is 12.3 Å². The largest absolute Gasteiger partial charge is 0.439 e. The van der Waals surface area contributed by atoms with Gasteiger partial charge in [-0.25, -0.2) is 9.78 Å². The van der Waals surface area contributed by atoms with Crippen LogP contribution in [0.25, 0.3) is 0 Å². The van der Waals surface area contributed by atoms with Crippen molar-refractivity contribution in [2.75, 3.05) is 0 Å². The van der Waals surface area contributed by atoms with Crippen molar-refractivity contribution < 1.29 is 24.0 Å². The van der Waals surface area contributed by atoms with Crippen LogP contribution in [0.4, 0.5) is 0 Å². The van der Waals surface area contributed by atoms with Gasteiger partial charge in [-0.2, -0.15) is 0 Å². The van der Waals surface area contributed by atoms with E-state index in [0.29, 0.717) is 16.7 Å². The fraction of sp³-hybridized carbons (Fsp3) is 0. The molecule has 7 heteroatoms. The maximum Gasteiger partial charge on any atom is 0.365 e. The highest BCUT2D eigenvalue weighted by atomic mass is 16.7. The number of carbonyl (C=O) groups is 3. The lowest BCUT2D eigenvalue weighted by atomic mass is 10.1. The minimum absolute atomic E-state index is 0.0759. The van der Waals surface area contributed by atoms with Gasteiger partial charge in [0.25, 0.3) is 11.8 Å². The first-order valence-electron chi connectivity index (χ1n) is 8.02. The van der Waals surface area contributed by atoms with Crippen molar-refractivity contribution >= 4 is 17.8 Å². The molecule has 132 valence electrons. The van der Waals surface area contributed by atoms with Crippen LogP contribution >= 0.6 is 0 Å². The molecule has 0 spiro atoms. The summed E-state index contributed by atoms with van der Waals surface area (Å²) in [4.78, 5) is 45.7. The molecule has 0 aliphatic carbocycles. The average Bonchev–Trinajstić information content (AvgIpc) is 2.94. The summed E-state index contributed by atoms with van der Waals surface area (Å²) in [6.07, 6.45) is 1.25. The Bertz CT molecular complexity index is 997. The first-order valence-corrected chi connectivity index (χ1v) is 8.02. The number of amides is 2. The summed E-state index contributed by atoms with van der Waals surface area (Å²) in [6.45, 7) is 0. The monoisotopic (exact) mass is 360 g/mol. The Balaban J connectivity index is 1.46. The van der Waals surface area contributed by atoms with Gasteiger partial charge in [0.05, 0.1) is 16.7 Å². The Kier molecular flexibility index (Phi) is 4.10. The molecule has 4 rings (SSSR count). The van der Waals surface area contributed by atoms with Crippen molar-refractivity contribution in [1.82, 2.24) is 10.0 Å². The molecule has 1 aromatic heterocycles. The third kappa shape index (κ3) is 3.13. The average molecular weight is 360 g/mol. The van der Waals surface area contributed by atoms with Gasteiger partial charge < -0.3 is 9.57 Å². The molecular formula is C20H12N2O5. The molecule has 27 heavy (non-hydrogen) atoms. The van der Waals surface area contributed by atoms with E-state index in [2.05, 4.69) is 4.98 Å². The topological polar surface area (TPSA) is 85.8 Å². The van der Waals surface area contributed by atoms with Gasteiger partial charge in [-0.15, -0.1) is 0 Å². The molecule has 0 bridgehead atoms. The first-order chi connectivity index (χ1) is 13.1. The van der Waals surface area contributed by atoms with Crippen molar-refractivity contribution in [3.05, 3.63) is 89.6 Å². The molecule has 0 saturated carbocycles. The van der Waals surface area contributed by atoms with E-state index in [1.54, 1.807) is 24.3 Å². The second-order valence-electron chi connectivity index (χ2n) is 5.63. The molecule has 2 heterocycles. The molecule has 7 nitrogen and oxygen atoms in total. The second-order valence-corrected chi connectivity index (χ2v) is 5.63. The number of ether oxygens (including phenoxy) is 1. The summed E-state index contributed by atoms with van der Waals surface area (Å²) in [5, 5.41) is 0.460. The summed E-state index contributed by atoms with van der Waals surface area (Å²) >= 11 is 0. The Morgan fingerprint density at radius 3 is 2.04 bits per heavy atom. The number of rotatable bonds is 4. The maximum atomic E-state index is 12.3. The standard InChI is InChI=1S/C20H12N2O5/c23-18-15-8-4-5-9-16(15)19(24)22(18)27-20(25)13-10-11-17(21-12-13)26-14-6-2-1-3-7-14/h1-12H. The van der Waals surface area contributed by atoms with E-state index in [0.717, 1.165) is 0 Å². The first kappa shape index (κ1) is 16.5. The zero-order valence-corrected chi connectivity index (χ0v) is 13.9. The van der Waals surface area contributed by atoms with Crippen molar-refractivity contribution in [3.63, 3.8) is 0 Å². The fourth-order valence-corrected chi connectivity index (χ4v) is 2.56. The lowest BCUT2D eigenvalue weighted by Crippen LogP contribution is -2.32. The predicted octanol–water partition coefficient (Wildman–Crippen LogP) is 3.24. The smallest absolute Gasteiger partial charge is 0.365 e. The third-order valence-corrected chi connectivity index (χ3v) is 3.87. The van der Waals surface area contributed by atoms with Crippen molar-refractivity contribution in [2.45, 2.75) is 0 Å². The van der Waals surface area contributed by atoms with Gasteiger partial charge in [0.1, 0.15) is 5.75 Å². The highest BCUT2D eigenvalue weighted by Gasteiger charge is 2.38. The lowest BCUT2D eigenvalue weighted by Gasteiger charge is -2.12. The number of fused-ring (bicyclic) bond motifs is 1. The zero-order valence-electron chi connectivity index (χ0n) is 13.9.